The molecule has 0 aliphatic heterocycles. The summed E-state index contributed by atoms with van der Waals surface area (Å²) in [6, 6.07) is 0.285. The van der Waals surface area contributed by atoms with Gasteiger partial charge < -0.3 is 15.4 Å². The highest BCUT2D eigenvalue weighted by Gasteiger charge is 2.07. The summed E-state index contributed by atoms with van der Waals surface area (Å²) in [6.45, 7) is 5.22. The molecule has 1 amide bonds. The van der Waals surface area contributed by atoms with Crippen molar-refractivity contribution in [2.24, 2.45) is 0 Å². The van der Waals surface area contributed by atoms with E-state index in [0.29, 0.717) is 24.7 Å². The average Bonchev–Trinajstić information content (AvgIpc) is 2.34. The minimum Gasteiger partial charge on any atom is -0.385 e. The van der Waals surface area contributed by atoms with Crippen molar-refractivity contribution >= 4 is 11.7 Å². The van der Waals surface area contributed by atoms with Crippen LogP contribution in [0.2, 0.25) is 0 Å². The minimum atomic E-state index is -0.213. The van der Waals surface area contributed by atoms with Crippen LogP contribution < -0.4 is 10.6 Å². The van der Waals surface area contributed by atoms with Crippen LogP contribution in [0.3, 0.4) is 0 Å². The van der Waals surface area contributed by atoms with Crippen molar-refractivity contribution in [3.05, 3.63) is 18.1 Å². The minimum absolute atomic E-state index is 0.213. The number of rotatable bonds is 7. The van der Waals surface area contributed by atoms with Crippen molar-refractivity contribution in [3.8, 4) is 0 Å². The smallest absolute Gasteiger partial charge is 0.271 e. The molecular weight excluding hydrogens is 232 g/mol. The van der Waals surface area contributed by atoms with Crippen LogP contribution in [0, 0.1) is 0 Å². The number of nitrogens with one attached hydrogen (secondary N) is 2. The zero-order chi connectivity index (χ0) is 13.4. The molecule has 6 nitrogen and oxygen atoms in total. The van der Waals surface area contributed by atoms with Crippen molar-refractivity contribution < 1.29 is 9.53 Å². The van der Waals surface area contributed by atoms with E-state index in [1.807, 2.05) is 13.8 Å². The van der Waals surface area contributed by atoms with Gasteiger partial charge in [-0.05, 0) is 20.3 Å². The molecule has 0 saturated heterocycles. The van der Waals surface area contributed by atoms with Crippen molar-refractivity contribution in [1.82, 2.24) is 15.3 Å². The third-order valence-corrected chi connectivity index (χ3v) is 2.13. The molecule has 0 aromatic carbocycles. The van der Waals surface area contributed by atoms with Gasteiger partial charge in [-0.3, -0.25) is 4.79 Å². The van der Waals surface area contributed by atoms with E-state index >= 15 is 0 Å². The van der Waals surface area contributed by atoms with Crippen molar-refractivity contribution in [2.45, 2.75) is 26.3 Å². The Morgan fingerprint density at radius 3 is 2.72 bits per heavy atom. The molecule has 0 aliphatic carbocycles. The lowest BCUT2D eigenvalue weighted by atomic mass is 10.3. The number of anilines is 1. The van der Waals surface area contributed by atoms with Crippen LogP contribution in [-0.2, 0) is 4.74 Å². The van der Waals surface area contributed by atoms with E-state index in [9.17, 15) is 4.79 Å². The molecule has 0 radical (unpaired) electrons. The van der Waals surface area contributed by atoms with Crippen LogP contribution in [0.4, 0.5) is 5.82 Å². The zero-order valence-corrected chi connectivity index (χ0v) is 11.1. The van der Waals surface area contributed by atoms with Gasteiger partial charge in [0.15, 0.2) is 0 Å². The van der Waals surface area contributed by atoms with E-state index in [1.165, 1.54) is 6.20 Å². The van der Waals surface area contributed by atoms with E-state index in [-0.39, 0.29) is 11.9 Å². The van der Waals surface area contributed by atoms with E-state index in [4.69, 9.17) is 4.74 Å². The molecule has 1 rings (SSSR count). The number of hydrogen-bond donors (Lipinski definition) is 2. The van der Waals surface area contributed by atoms with Crippen LogP contribution in [-0.4, -0.2) is 42.2 Å². The maximum Gasteiger partial charge on any atom is 0.271 e. The molecule has 100 valence electrons. The third-order valence-electron chi connectivity index (χ3n) is 2.13. The molecule has 0 atom stereocenters. The van der Waals surface area contributed by atoms with E-state index in [1.54, 1.807) is 13.3 Å². The summed E-state index contributed by atoms with van der Waals surface area (Å²) in [6.07, 6.45) is 3.81. The molecule has 18 heavy (non-hydrogen) atoms. The monoisotopic (exact) mass is 252 g/mol. The van der Waals surface area contributed by atoms with Gasteiger partial charge in [-0.15, -0.1) is 0 Å². The first-order valence-electron chi connectivity index (χ1n) is 5.99. The standard InChI is InChI=1S/C12H20N4O2/c1-9(2)16-11-8-14-10(7-15-11)12(17)13-5-4-6-18-3/h7-9H,4-6H2,1-3H3,(H,13,17)(H,15,16). The van der Waals surface area contributed by atoms with E-state index in [2.05, 4.69) is 20.6 Å². The molecule has 1 aromatic heterocycles. The topological polar surface area (TPSA) is 76.1 Å². The number of amides is 1. The average molecular weight is 252 g/mol. The predicted octanol–water partition coefficient (Wildman–Crippen LogP) is 1.06. The highest BCUT2D eigenvalue weighted by molar-refractivity contribution is 5.91. The van der Waals surface area contributed by atoms with Gasteiger partial charge >= 0.3 is 0 Å². The summed E-state index contributed by atoms with van der Waals surface area (Å²) >= 11 is 0. The Labute approximate surface area is 107 Å². The van der Waals surface area contributed by atoms with Crippen molar-refractivity contribution in [1.29, 1.82) is 0 Å². The quantitative estimate of drug-likeness (QED) is 0.710. The van der Waals surface area contributed by atoms with Crippen LogP contribution in [0.15, 0.2) is 12.4 Å². The van der Waals surface area contributed by atoms with Crippen LogP contribution in [0.25, 0.3) is 0 Å². The lowest BCUT2D eigenvalue weighted by Crippen LogP contribution is -2.26. The second-order valence-electron chi connectivity index (χ2n) is 4.19. The van der Waals surface area contributed by atoms with Gasteiger partial charge in [-0.25, -0.2) is 9.97 Å². The van der Waals surface area contributed by atoms with Crippen LogP contribution >= 0.6 is 0 Å². The summed E-state index contributed by atoms with van der Waals surface area (Å²) in [5.41, 5.74) is 0.321. The molecular formula is C12H20N4O2. The first-order valence-corrected chi connectivity index (χ1v) is 5.99. The number of methoxy groups -OCH3 is 1. The number of hydrogen-bond acceptors (Lipinski definition) is 5. The first-order chi connectivity index (χ1) is 8.63. The molecule has 0 fully saturated rings. The summed E-state index contributed by atoms with van der Waals surface area (Å²) in [7, 11) is 1.63. The summed E-state index contributed by atoms with van der Waals surface area (Å²) in [5.74, 6) is 0.454. The Bertz CT molecular complexity index is 365. The SMILES string of the molecule is COCCCNC(=O)c1cnc(NC(C)C)cn1. The molecule has 0 bridgehead atoms. The van der Waals surface area contributed by atoms with Gasteiger partial charge in [0.25, 0.3) is 5.91 Å². The molecule has 2 N–H and O–H groups in total. The number of carbonyl (C=O) groups is 1. The van der Waals surface area contributed by atoms with Crippen LogP contribution in [0.1, 0.15) is 30.8 Å². The number of nitrogens with zero attached hydrogens (tertiary/aromatic N) is 2. The van der Waals surface area contributed by atoms with Crippen molar-refractivity contribution in [2.75, 3.05) is 25.6 Å². The summed E-state index contributed by atoms with van der Waals surface area (Å²) in [5, 5.41) is 5.86. The fourth-order valence-electron chi connectivity index (χ4n) is 1.32. The number of aromatic nitrogens is 2. The Morgan fingerprint density at radius 1 is 1.39 bits per heavy atom. The normalized spacial score (nSPS) is 10.4. The second kappa shape index (κ2) is 7.60. The third kappa shape index (κ3) is 5.09. The summed E-state index contributed by atoms with van der Waals surface area (Å²) in [4.78, 5) is 19.9. The molecule has 0 spiro atoms. The molecule has 0 aliphatic rings. The largest absolute Gasteiger partial charge is 0.385 e. The Balaban J connectivity index is 2.43. The maximum atomic E-state index is 11.7. The molecule has 0 unspecified atom stereocenters. The van der Waals surface area contributed by atoms with Gasteiger partial charge in [0.1, 0.15) is 11.5 Å². The summed E-state index contributed by atoms with van der Waals surface area (Å²) < 4.78 is 4.89. The zero-order valence-electron chi connectivity index (χ0n) is 11.1. The fourth-order valence-corrected chi connectivity index (χ4v) is 1.32. The second-order valence-corrected chi connectivity index (χ2v) is 4.19. The Kier molecular flexibility index (Phi) is 6.07. The highest BCUT2D eigenvalue weighted by atomic mass is 16.5. The van der Waals surface area contributed by atoms with E-state index < -0.39 is 0 Å². The number of carbonyl (C=O) groups excluding carboxylic acids is 1. The van der Waals surface area contributed by atoms with Gasteiger partial charge in [0.05, 0.1) is 12.4 Å². The van der Waals surface area contributed by atoms with Crippen LogP contribution in [0.5, 0.6) is 0 Å². The van der Waals surface area contributed by atoms with Gasteiger partial charge in [-0.1, -0.05) is 0 Å². The van der Waals surface area contributed by atoms with Gasteiger partial charge in [0.2, 0.25) is 0 Å². The fraction of sp³-hybridized carbons (Fsp3) is 0.583. The maximum absolute atomic E-state index is 11.7. The first kappa shape index (κ1) is 14.4. The Morgan fingerprint density at radius 2 is 2.17 bits per heavy atom. The predicted molar refractivity (Wildman–Crippen MR) is 69.6 cm³/mol. The lowest BCUT2D eigenvalue weighted by Gasteiger charge is -2.08. The highest BCUT2D eigenvalue weighted by Crippen LogP contribution is 2.02. The van der Waals surface area contributed by atoms with Gasteiger partial charge in [0, 0.05) is 26.3 Å². The molecule has 1 heterocycles. The molecule has 1 aromatic rings. The lowest BCUT2D eigenvalue weighted by molar-refractivity contribution is 0.0943. The number of ether oxygens (including phenoxy) is 1. The molecule has 0 saturated carbocycles. The van der Waals surface area contributed by atoms with Crippen molar-refractivity contribution in [3.63, 3.8) is 0 Å². The molecule has 6 heteroatoms. The van der Waals surface area contributed by atoms with E-state index in [0.717, 1.165) is 6.42 Å². The Hall–Kier alpha value is -1.69. The van der Waals surface area contributed by atoms with Gasteiger partial charge in [-0.2, -0.15) is 0 Å².